The van der Waals surface area contributed by atoms with Gasteiger partial charge in [-0.25, -0.2) is 0 Å². The lowest BCUT2D eigenvalue weighted by Crippen LogP contribution is -2.12. The average Bonchev–Trinajstić information content (AvgIpc) is 2.86. The molecule has 1 aliphatic heterocycles. The van der Waals surface area contributed by atoms with E-state index in [0.717, 1.165) is 25.9 Å². The van der Waals surface area contributed by atoms with Gasteiger partial charge >= 0.3 is 5.69 Å². The first-order chi connectivity index (χ1) is 9.08. The number of halogens is 2. The van der Waals surface area contributed by atoms with Crippen molar-refractivity contribution in [1.29, 1.82) is 0 Å². The van der Waals surface area contributed by atoms with Crippen molar-refractivity contribution in [2.45, 2.75) is 12.8 Å². The molecule has 1 fully saturated rings. The van der Waals surface area contributed by atoms with Crippen molar-refractivity contribution < 1.29 is 9.66 Å². The first-order valence-electron chi connectivity index (χ1n) is 6.05. The molecule has 19 heavy (non-hydrogen) atoms. The van der Waals surface area contributed by atoms with Crippen LogP contribution in [0, 0.1) is 16.0 Å². The highest BCUT2D eigenvalue weighted by molar-refractivity contribution is 6.42. The van der Waals surface area contributed by atoms with Gasteiger partial charge in [-0.3, -0.25) is 10.1 Å². The van der Waals surface area contributed by atoms with Crippen LogP contribution < -0.4 is 10.1 Å². The van der Waals surface area contributed by atoms with Crippen LogP contribution in [0.25, 0.3) is 0 Å². The molecule has 104 valence electrons. The Hall–Kier alpha value is -1.04. The van der Waals surface area contributed by atoms with E-state index in [1.165, 1.54) is 12.1 Å². The monoisotopic (exact) mass is 304 g/mol. The minimum Gasteiger partial charge on any atom is -0.487 e. The molecule has 0 aliphatic carbocycles. The van der Waals surface area contributed by atoms with Crippen molar-refractivity contribution in [1.82, 2.24) is 5.32 Å². The Morgan fingerprint density at radius 2 is 2.16 bits per heavy atom. The molecule has 0 aromatic heterocycles. The number of benzene rings is 1. The number of nitro groups is 1. The maximum Gasteiger partial charge on any atom is 0.312 e. The first kappa shape index (κ1) is 14.4. The van der Waals surface area contributed by atoms with Crippen LogP contribution in [0.4, 0.5) is 5.69 Å². The van der Waals surface area contributed by atoms with E-state index in [0.29, 0.717) is 12.5 Å². The summed E-state index contributed by atoms with van der Waals surface area (Å²) in [6, 6.07) is 2.62. The van der Waals surface area contributed by atoms with Crippen molar-refractivity contribution in [2.24, 2.45) is 5.92 Å². The molecular weight excluding hydrogens is 291 g/mol. The number of hydrogen-bond acceptors (Lipinski definition) is 4. The van der Waals surface area contributed by atoms with E-state index in [4.69, 9.17) is 27.9 Å². The van der Waals surface area contributed by atoms with Crippen LogP contribution in [0.5, 0.6) is 5.75 Å². The SMILES string of the molecule is O=[N+]([O-])c1cc(Cl)c(Cl)cc1OCCC1CCNC1. The molecule has 1 atom stereocenters. The smallest absolute Gasteiger partial charge is 0.312 e. The van der Waals surface area contributed by atoms with Crippen molar-refractivity contribution in [3.05, 3.63) is 32.3 Å². The number of nitro benzene ring substituents is 1. The van der Waals surface area contributed by atoms with Crippen LogP contribution in [0.2, 0.25) is 10.0 Å². The molecule has 1 saturated heterocycles. The Bertz CT molecular complexity index is 476. The molecule has 1 unspecified atom stereocenters. The van der Waals surface area contributed by atoms with Crippen molar-refractivity contribution in [2.75, 3.05) is 19.7 Å². The van der Waals surface area contributed by atoms with Crippen molar-refractivity contribution in [3.8, 4) is 5.75 Å². The second-order valence-corrected chi connectivity index (χ2v) is 5.30. The van der Waals surface area contributed by atoms with Gasteiger partial charge in [0.1, 0.15) is 0 Å². The Morgan fingerprint density at radius 1 is 1.42 bits per heavy atom. The largest absolute Gasteiger partial charge is 0.487 e. The predicted molar refractivity (Wildman–Crippen MR) is 74.2 cm³/mol. The number of ether oxygens (including phenoxy) is 1. The highest BCUT2D eigenvalue weighted by atomic mass is 35.5. The predicted octanol–water partition coefficient (Wildman–Crippen LogP) is 3.28. The summed E-state index contributed by atoms with van der Waals surface area (Å²) in [7, 11) is 0. The summed E-state index contributed by atoms with van der Waals surface area (Å²) < 4.78 is 5.48. The molecule has 1 aromatic rings. The second kappa shape index (κ2) is 6.41. The quantitative estimate of drug-likeness (QED) is 0.670. The molecule has 0 radical (unpaired) electrons. The normalized spacial score (nSPS) is 18.5. The number of hydrogen-bond donors (Lipinski definition) is 1. The van der Waals surface area contributed by atoms with E-state index in [1.54, 1.807) is 0 Å². The van der Waals surface area contributed by atoms with E-state index < -0.39 is 4.92 Å². The average molecular weight is 305 g/mol. The Labute approximate surface area is 121 Å². The molecular formula is C12H14Cl2N2O3. The topological polar surface area (TPSA) is 64.4 Å². The zero-order chi connectivity index (χ0) is 13.8. The summed E-state index contributed by atoms with van der Waals surface area (Å²) >= 11 is 11.6. The van der Waals surface area contributed by atoms with Crippen molar-refractivity contribution >= 4 is 28.9 Å². The second-order valence-electron chi connectivity index (χ2n) is 4.49. The van der Waals surface area contributed by atoms with Crippen LogP contribution in [0.3, 0.4) is 0 Å². The Kier molecular flexibility index (Phi) is 4.85. The standard InChI is InChI=1S/C12H14Cl2N2O3/c13-9-5-11(16(17)18)12(6-10(9)14)19-4-2-8-1-3-15-7-8/h5-6,8,15H,1-4,7H2. The molecule has 5 nitrogen and oxygen atoms in total. The molecule has 0 spiro atoms. The van der Waals surface area contributed by atoms with Gasteiger partial charge in [-0.15, -0.1) is 0 Å². The summed E-state index contributed by atoms with van der Waals surface area (Å²) in [6.07, 6.45) is 1.98. The van der Waals surface area contributed by atoms with Gasteiger partial charge in [-0.05, 0) is 31.8 Å². The molecule has 0 amide bonds. The number of nitrogens with zero attached hydrogens (tertiary/aromatic N) is 1. The Morgan fingerprint density at radius 3 is 2.79 bits per heavy atom. The Balaban J connectivity index is 2.01. The summed E-state index contributed by atoms with van der Waals surface area (Å²) in [4.78, 5) is 10.4. The molecule has 1 aromatic carbocycles. The minimum absolute atomic E-state index is 0.153. The van der Waals surface area contributed by atoms with Gasteiger partial charge in [0, 0.05) is 12.1 Å². The van der Waals surface area contributed by atoms with Crippen LogP contribution in [-0.4, -0.2) is 24.6 Å². The van der Waals surface area contributed by atoms with Crippen molar-refractivity contribution in [3.63, 3.8) is 0 Å². The van der Waals surface area contributed by atoms with E-state index in [2.05, 4.69) is 5.32 Å². The maximum absolute atomic E-state index is 10.9. The van der Waals surface area contributed by atoms with Gasteiger partial charge in [0.25, 0.3) is 0 Å². The molecule has 0 saturated carbocycles. The lowest BCUT2D eigenvalue weighted by molar-refractivity contribution is -0.385. The van der Waals surface area contributed by atoms with Gasteiger partial charge in [-0.1, -0.05) is 23.2 Å². The molecule has 2 rings (SSSR count). The van der Waals surface area contributed by atoms with E-state index in [1.807, 2.05) is 0 Å². The zero-order valence-corrected chi connectivity index (χ0v) is 11.7. The van der Waals surface area contributed by atoms with Gasteiger partial charge in [0.15, 0.2) is 5.75 Å². The number of nitrogens with one attached hydrogen (secondary N) is 1. The molecule has 7 heteroatoms. The third-order valence-corrected chi connectivity index (χ3v) is 3.87. The van der Waals surface area contributed by atoms with Crippen LogP contribution in [0.1, 0.15) is 12.8 Å². The van der Waals surface area contributed by atoms with Gasteiger partial charge in [0.05, 0.1) is 21.6 Å². The number of rotatable bonds is 5. The van der Waals surface area contributed by atoms with E-state index >= 15 is 0 Å². The summed E-state index contributed by atoms with van der Waals surface area (Å²) in [5, 5.41) is 14.6. The fraction of sp³-hybridized carbons (Fsp3) is 0.500. The lowest BCUT2D eigenvalue weighted by atomic mass is 10.1. The fourth-order valence-electron chi connectivity index (χ4n) is 2.07. The first-order valence-corrected chi connectivity index (χ1v) is 6.80. The highest BCUT2D eigenvalue weighted by Crippen LogP contribution is 2.35. The minimum atomic E-state index is -0.519. The molecule has 0 bridgehead atoms. The summed E-state index contributed by atoms with van der Waals surface area (Å²) in [5.74, 6) is 0.743. The van der Waals surface area contributed by atoms with E-state index in [9.17, 15) is 10.1 Å². The summed E-state index contributed by atoms with van der Waals surface area (Å²) in [6.45, 7) is 2.44. The van der Waals surface area contributed by atoms with Crippen LogP contribution >= 0.6 is 23.2 Å². The highest BCUT2D eigenvalue weighted by Gasteiger charge is 2.19. The lowest BCUT2D eigenvalue weighted by Gasteiger charge is -2.10. The van der Waals surface area contributed by atoms with Crippen LogP contribution in [-0.2, 0) is 0 Å². The van der Waals surface area contributed by atoms with Gasteiger partial charge in [0.2, 0.25) is 0 Å². The summed E-state index contributed by atoms with van der Waals surface area (Å²) in [5.41, 5.74) is -0.154. The molecule has 1 heterocycles. The van der Waals surface area contributed by atoms with Gasteiger partial charge in [-0.2, -0.15) is 0 Å². The third kappa shape index (κ3) is 3.72. The maximum atomic E-state index is 10.9. The zero-order valence-electron chi connectivity index (χ0n) is 10.2. The molecule has 1 aliphatic rings. The van der Waals surface area contributed by atoms with E-state index in [-0.39, 0.29) is 21.5 Å². The molecule has 1 N–H and O–H groups in total. The fourth-order valence-corrected chi connectivity index (χ4v) is 2.38. The van der Waals surface area contributed by atoms with Gasteiger partial charge < -0.3 is 10.1 Å². The third-order valence-electron chi connectivity index (χ3n) is 3.14. The van der Waals surface area contributed by atoms with Crippen LogP contribution in [0.15, 0.2) is 12.1 Å².